The first-order valence-corrected chi connectivity index (χ1v) is 18.9. The number of benzene rings is 2. The number of thiophene rings is 1. The summed E-state index contributed by atoms with van der Waals surface area (Å²) in [4.78, 5) is 16.0. The molecule has 0 aliphatic carbocycles. The molecule has 0 spiro atoms. The van der Waals surface area contributed by atoms with Gasteiger partial charge in [0.15, 0.2) is 5.00 Å². The molecule has 3 unspecified atom stereocenters. The highest BCUT2D eigenvalue weighted by Gasteiger charge is 2.30. The fraction of sp³-hybridized carbons (Fsp3) is 0.475. The first kappa shape index (κ1) is 38.1. The first-order chi connectivity index (χ1) is 24.3. The lowest BCUT2D eigenvalue weighted by Crippen LogP contribution is -2.42. The zero-order valence-electron chi connectivity index (χ0n) is 30.0. The maximum Gasteiger partial charge on any atom is 0.227 e. The van der Waals surface area contributed by atoms with E-state index in [4.69, 9.17) is 5.26 Å². The van der Waals surface area contributed by atoms with Crippen LogP contribution in [0.1, 0.15) is 103 Å². The molecule has 1 aromatic heterocycles. The van der Waals surface area contributed by atoms with Gasteiger partial charge in [0, 0.05) is 24.7 Å². The fourth-order valence-electron chi connectivity index (χ4n) is 6.33. The van der Waals surface area contributed by atoms with Crippen LogP contribution < -0.4 is 10.2 Å². The minimum atomic E-state index is -0.0925. The molecule has 9 nitrogen and oxygen atoms in total. The van der Waals surface area contributed by atoms with E-state index in [1.165, 1.54) is 29.8 Å². The van der Waals surface area contributed by atoms with Crippen LogP contribution in [0.5, 0.6) is 0 Å². The van der Waals surface area contributed by atoms with Gasteiger partial charge < -0.3 is 10.2 Å². The largest absolute Gasteiger partial charge is 0.370 e. The molecule has 2 heterocycles. The monoisotopic (exact) mass is 690 g/mol. The highest BCUT2D eigenvalue weighted by molar-refractivity contribution is 7.19. The highest BCUT2D eigenvalue weighted by atomic mass is 32.1. The second-order valence-corrected chi connectivity index (χ2v) is 14.1. The second kappa shape index (κ2) is 19.5. The summed E-state index contributed by atoms with van der Waals surface area (Å²) in [5.74, 6) is 0.772. The number of nitrogens with one attached hydrogen (secondary N) is 1. The van der Waals surface area contributed by atoms with E-state index in [1.54, 1.807) is 30.3 Å². The fourth-order valence-corrected chi connectivity index (χ4v) is 7.09. The van der Waals surface area contributed by atoms with Crippen molar-refractivity contribution in [3.05, 3.63) is 71.8 Å². The van der Waals surface area contributed by atoms with E-state index >= 15 is 0 Å². The van der Waals surface area contributed by atoms with Crippen molar-refractivity contribution < 1.29 is 4.79 Å². The lowest BCUT2D eigenvalue weighted by Gasteiger charge is -2.41. The van der Waals surface area contributed by atoms with Gasteiger partial charge in [-0.3, -0.25) is 4.79 Å². The maximum atomic E-state index is 13.6. The Bertz CT molecular complexity index is 1710. The Labute approximate surface area is 301 Å². The molecule has 4 rings (SSSR count). The zero-order chi connectivity index (χ0) is 35.9. The molecular weight excluding hydrogens is 641 g/mol. The van der Waals surface area contributed by atoms with Gasteiger partial charge in [0.25, 0.3) is 0 Å². The van der Waals surface area contributed by atoms with E-state index in [0.717, 1.165) is 70.1 Å². The molecule has 3 aromatic rings. The molecule has 0 bridgehead atoms. The van der Waals surface area contributed by atoms with E-state index < -0.39 is 0 Å². The summed E-state index contributed by atoms with van der Waals surface area (Å²) in [7, 11) is 0. The summed E-state index contributed by atoms with van der Waals surface area (Å²) in [6.07, 6.45) is 10.6. The minimum absolute atomic E-state index is 0.0115. The number of rotatable bonds is 17. The van der Waals surface area contributed by atoms with Gasteiger partial charge in [0.2, 0.25) is 5.91 Å². The van der Waals surface area contributed by atoms with Crippen LogP contribution in [0.4, 0.5) is 32.8 Å². The summed E-state index contributed by atoms with van der Waals surface area (Å²) < 4.78 is 0. The molecule has 1 aliphatic rings. The molecule has 1 amide bonds. The topological polar surface area (TPSA) is 129 Å². The number of piperidine rings is 1. The lowest BCUT2D eigenvalue weighted by molar-refractivity contribution is -0.120. The second-order valence-electron chi connectivity index (χ2n) is 13.1. The van der Waals surface area contributed by atoms with Crippen LogP contribution in [-0.4, -0.2) is 19.0 Å². The molecule has 50 heavy (non-hydrogen) atoms. The minimum Gasteiger partial charge on any atom is -0.370 e. The van der Waals surface area contributed by atoms with Crippen LogP contribution in [0, 0.1) is 40.4 Å². The predicted octanol–water partition coefficient (Wildman–Crippen LogP) is 12.5. The van der Waals surface area contributed by atoms with Gasteiger partial charge in [-0.2, -0.15) is 10.5 Å². The van der Waals surface area contributed by atoms with Crippen molar-refractivity contribution in [3.8, 4) is 12.1 Å². The van der Waals surface area contributed by atoms with E-state index in [2.05, 4.69) is 83.2 Å². The summed E-state index contributed by atoms with van der Waals surface area (Å²) in [6.45, 7) is 15.1. The molecule has 3 atom stereocenters. The Kier molecular flexibility index (Phi) is 14.9. The number of azo groups is 2. The highest BCUT2D eigenvalue weighted by Crippen LogP contribution is 2.41. The molecule has 0 saturated carbocycles. The molecule has 1 aliphatic heterocycles. The van der Waals surface area contributed by atoms with Crippen molar-refractivity contribution in [1.29, 1.82) is 10.5 Å². The van der Waals surface area contributed by atoms with Crippen molar-refractivity contribution in [2.24, 2.45) is 38.2 Å². The Morgan fingerprint density at radius 1 is 0.900 bits per heavy atom. The first-order valence-electron chi connectivity index (χ1n) is 18.1. The molecular formula is C40H50N8OS. The van der Waals surface area contributed by atoms with Crippen LogP contribution >= 0.6 is 11.3 Å². The zero-order valence-corrected chi connectivity index (χ0v) is 30.8. The average molecular weight is 691 g/mol. The number of hydrogen-bond acceptors (Lipinski definition) is 9. The Hall–Kier alpha value is -4.67. The van der Waals surface area contributed by atoms with Gasteiger partial charge in [-0.05, 0) is 86.1 Å². The van der Waals surface area contributed by atoms with E-state index in [9.17, 15) is 10.1 Å². The van der Waals surface area contributed by atoms with Crippen molar-refractivity contribution >= 4 is 50.0 Å². The molecule has 10 heteroatoms. The van der Waals surface area contributed by atoms with Gasteiger partial charge in [-0.25, -0.2) is 0 Å². The van der Waals surface area contributed by atoms with E-state index in [-0.39, 0.29) is 11.8 Å². The molecule has 1 N–H and O–H groups in total. The van der Waals surface area contributed by atoms with Crippen LogP contribution in [0.3, 0.4) is 0 Å². The van der Waals surface area contributed by atoms with Crippen molar-refractivity contribution in [2.45, 2.75) is 91.9 Å². The van der Waals surface area contributed by atoms with Gasteiger partial charge in [0.05, 0.1) is 28.6 Å². The summed E-state index contributed by atoms with van der Waals surface area (Å²) in [6, 6.07) is 18.7. The summed E-state index contributed by atoms with van der Waals surface area (Å²) >= 11 is 1.21. The SMILES string of the molecule is C=C1C(CCCC)CN(c2ccc(N=Nc3sc(N=Nc4ccc(C#N)cc4)cc3C#N)c(NC(=O)C(CC)CCCC)c2)CC1CCCC. The number of carbonyl (C=O) groups is 1. The van der Waals surface area contributed by atoms with Gasteiger partial charge in [-0.1, -0.05) is 89.7 Å². The molecule has 1 fully saturated rings. The average Bonchev–Trinajstić information content (AvgIpc) is 3.55. The van der Waals surface area contributed by atoms with Crippen molar-refractivity contribution in [2.75, 3.05) is 23.3 Å². The van der Waals surface area contributed by atoms with E-state index in [1.807, 2.05) is 12.1 Å². The number of amides is 1. The number of nitrogens with zero attached hydrogens (tertiary/aromatic N) is 7. The number of nitriles is 2. The molecule has 0 radical (unpaired) electrons. The predicted molar refractivity (Wildman–Crippen MR) is 204 cm³/mol. The Morgan fingerprint density at radius 3 is 2.18 bits per heavy atom. The van der Waals surface area contributed by atoms with Crippen LogP contribution in [0.15, 0.2) is 81.1 Å². The van der Waals surface area contributed by atoms with Crippen molar-refractivity contribution in [3.63, 3.8) is 0 Å². The van der Waals surface area contributed by atoms with Crippen LogP contribution in [0.2, 0.25) is 0 Å². The third-order valence-electron chi connectivity index (χ3n) is 9.44. The number of carbonyl (C=O) groups excluding carboxylic acids is 1. The van der Waals surface area contributed by atoms with Crippen molar-refractivity contribution in [1.82, 2.24) is 0 Å². The number of hydrogen-bond donors (Lipinski definition) is 1. The third kappa shape index (κ3) is 10.4. The standard InChI is InChI=1S/C40H50N8OS/c1-6-10-13-30(9-4)39(49)43-37-23-35(48-26-31(14-11-7-2)28(5)32(27-48)15-12-8-3)20-21-36(37)45-47-40-33(25-42)22-38(50-40)46-44-34-18-16-29(24-41)17-19-34/h16-23,30-32H,5-15,26-27H2,1-4H3,(H,43,49). The summed E-state index contributed by atoms with van der Waals surface area (Å²) in [5.41, 5.74) is 5.05. The quantitative estimate of drug-likeness (QED) is 0.112. The van der Waals surface area contributed by atoms with Crippen LogP contribution in [0.25, 0.3) is 0 Å². The maximum absolute atomic E-state index is 13.6. The lowest BCUT2D eigenvalue weighted by atomic mass is 9.79. The summed E-state index contributed by atoms with van der Waals surface area (Å²) in [5, 5.41) is 40.6. The van der Waals surface area contributed by atoms with Gasteiger partial charge in [0.1, 0.15) is 16.8 Å². The van der Waals surface area contributed by atoms with E-state index in [0.29, 0.717) is 50.0 Å². The molecule has 1 saturated heterocycles. The normalized spacial score (nSPS) is 16.8. The van der Waals surface area contributed by atoms with Crippen LogP contribution in [-0.2, 0) is 4.79 Å². The van der Waals surface area contributed by atoms with Gasteiger partial charge >= 0.3 is 0 Å². The molecule has 262 valence electrons. The molecule has 2 aromatic carbocycles. The number of anilines is 2. The Morgan fingerprint density at radius 2 is 1.58 bits per heavy atom. The Balaban J connectivity index is 1.65. The number of unbranched alkanes of at least 4 members (excludes halogenated alkanes) is 3. The smallest absolute Gasteiger partial charge is 0.227 e. The van der Waals surface area contributed by atoms with Gasteiger partial charge in [-0.15, -0.1) is 20.5 Å². The third-order valence-corrected chi connectivity index (χ3v) is 10.3.